The first kappa shape index (κ1) is 11.3. The van der Waals surface area contributed by atoms with Gasteiger partial charge in [0.15, 0.2) is 0 Å². The van der Waals surface area contributed by atoms with Crippen LogP contribution in [-0.4, -0.2) is 11.7 Å². The molecule has 0 aliphatic carbocycles. The van der Waals surface area contributed by atoms with Crippen molar-refractivity contribution in [2.24, 2.45) is 0 Å². The van der Waals surface area contributed by atoms with E-state index in [1.54, 1.807) is 0 Å². The average Bonchev–Trinajstić information content (AvgIpc) is 2.30. The SMILES string of the molecule is CCCCCc1cc(O)c2c(c1)OCCC2. The largest absolute Gasteiger partial charge is 0.508 e. The zero-order valence-corrected chi connectivity index (χ0v) is 9.96. The van der Waals surface area contributed by atoms with E-state index < -0.39 is 0 Å². The van der Waals surface area contributed by atoms with Crippen LogP contribution in [-0.2, 0) is 12.8 Å². The van der Waals surface area contributed by atoms with Gasteiger partial charge < -0.3 is 9.84 Å². The van der Waals surface area contributed by atoms with Gasteiger partial charge in [-0.15, -0.1) is 0 Å². The Morgan fingerprint density at radius 3 is 3.00 bits per heavy atom. The molecule has 1 aromatic carbocycles. The van der Waals surface area contributed by atoms with Gasteiger partial charge in [0.25, 0.3) is 0 Å². The molecule has 88 valence electrons. The van der Waals surface area contributed by atoms with Crippen LogP contribution >= 0.6 is 0 Å². The fourth-order valence-electron chi connectivity index (χ4n) is 2.22. The molecule has 16 heavy (non-hydrogen) atoms. The number of aromatic hydroxyl groups is 1. The smallest absolute Gasteiger partial charge is 0.126 e. The lowest BCUT2D eigenvalue weighted by atomic mass is 10.00. The Hall–Kier alpha value is -1.18. The molecule has 0 saturated carbocycles. The Labute approximate surface area is 97.3 Å². The fourth-order valence-corrected chi connectivity index (χ4v) is 2.22. The summed E-state index contributed by atoms with van der Waals surface area (Å²) in [6, 6.07) is 4.01. The molecule has 2 heteroatoms. The van der Waals surface area contributed by atoms with Crippen molar-refractivity contribution in [2.75, 3.05) is 6.61 Å². The van der Waals surface area contributed by atoms with Crippen molar-refractivity contribution in [3.8, 4) is 11.5 Å². The Morgan fingerprint density at radius 1 is 1.31 bits per heavy atom. The standard InChI is InChI=1S/C14H20O2/c1-2-3-4-6-11-9-13(15)12-7-5-8-16-14(12)10-11/h9-10,15H,2-8H2,1H3. The van der Waals surface area contributed by atoms with E-state index in [0.717, 1.165) is 37.2 Å². The second kappa shape index (κ2) is 5.24. The third-order valence-electron chi connectivity index (χ3n) is 3.14. The van der Waals surface area contributed by atoms with E-state index in [1.165, 1.54) is 24.8 Å². The number of fused-ring (bicyclic) bond motifs is 1. The van der Waals surface area contributed by atoms with Gasteiger partial charge in [-0.3, -0.25) is 0 Å². The van der Waals surface area contributed by atoms with Crippen LogP contribution in [0.4, 0.5) is 0 Å². The van der Waals surface area contributed by atoms with Gasteiger partial charge in [-0.05, 0) is 43.4 Å². The van der Waals surface area contributed by atoms with Gasteiger partial charge in [-0.2, -0.15) is 0 Å². The van der Waals surface area contributed by atoms with Crippen LogP contribution in [0.25, 0.3) is 0 Å². The Balaban J connectivity index is 2.12. The summed E-state index contributed by atoms with van der Waals surface area (Å²) in [6.45, 7) is 2.98. The normalized spacial score (nSPS) is 14.3. The highest BCUT2D eigenvalue weighted by molar-refractivity contribution is 5.48. The maximum atomic E-state index is 9.91. The maximum absolute atomic E-state index is 9.91. The first-order chi connectivity index (χ1) is 7.81. The Bertz CT molecular complexity index is 358. The molecule has 0 aromatic heterocycles. The molecule has 0 saturated heterocycles. The number of benzene rings is 1. The molecule has 0 amide bonds. The lowest BCUT2D eigenvalue weighted by Gasteiger charge is -2.19. The fraction of sp³-hybridized carbons (Fsp3) is 0.571. The number of rotatable bonds is 4. The lowest BCUT2D eigenvalue weighted by Crippen LogP contribution is -2.08. The summed E-state index contributed by atoms with van der Waals surface area (Å²) in [5.74, 6) is 1.32. The Morgan fingerprint density at radius 2 is 2.19 bits per heavy atom. The van der Waals surface area contributed by atoms with E-state index in [0.29, 0.717) is 5.75 Å². The number of hydrogen-bond donors (Lipinski definition) is 1. The molecule has 0 unspecified atom stereocenters. The highest BCUT2D eigenvalue weighted by Gasteiger charge is 2.15. The number of phenolic OH excluding ortho intramolecular Hbond substituents is 1. The number of ether oxygens (including phenoxy) is 1. The van der Waals surface area contributed by atoms with Crippen LogP contribution in [0, 0.1) is 0 Å². The summed E-state index contributed by atoms with van der Waals surface area (Å²) in [5.41, 5.74) is 2.19. The monoisotopic (exact) mass is 220 g/mol. The van der Waals surface area contributed by atoms with Gasteiger partial charge in [-0.1, -0.05) is 19.8 Å². The van der Waals surface area contributed by atoms with Crippen LogP contribution in [0.2, 0.25) is 0 Å². The van der Waals surface area contributed by atoms with Crippen molar-refractivity contribution in [2.45, 2.75) is 45.4 Å². The summed E-state index contributed by atoms with van der Waals surface area (Å²) >= 11 is 0. The van der Waals surface area contributed by atoms with E-state index >= 15 is 0 Å². The van der Waals surface area contributed by atoms with Gasteiger partial charge in [0.2, 0.25) is 0 Å². The number of aryl methyl sites for hydroxylation is 1. The zero-order valence-electron chi connectivity index (χ0n) is 9.96. The zero-order chi connectivity index (χ0) is 11.4. The van der Waals surface area contributed by atoms with E-state index in [4.69, 9.17) is 4.74 Å². The van der Waals surface area contributed by atoms with E-state index in [2.05, 4.69) is 13.0 Å². The lowest BCUT2D eigenvalue weighted by molar-refractivity contribution is 0.283. The summed E-state index contributed by atoms with van der Waals surface area (Å²) in [4.78, 5) is 0. The number of unbranched alkanes of at least 4 members (excludes halogenated alkanes) is 2. The van der Waals surface area contributed by atoms with Crippen LogP contribution in [0.1, 0.15) is 43.7 Å². The van der Waals surface area contributed by atoms with Crippen LogP contribution < -0.4 is 4.74 Å². The van der Waals surface area contributed by atoms with Gasteiger partial charge in [0.1, 0.15) is 11.5 Å². The van der Waals surface area contributed by atoms with E-state index in [-0.39, 0.29) is 0 Å². The summed E-state index contributed by atoms with van der Waals surface area (Å²) in [5, 5.41) is 9.91. The molecular weight excluding hydrogens is 200 g/mol. The molecule has 1 aliphatic heterocycles. The molecule has 0 atom stereocenters. The minimum atomic E-state index is 0.420. The van der Waals surface area contributed by atoms with Crippen LogP contribution in [0.15, 0.2) is 12.1 Å². The molecule has 2 nitrogen and oxygen atoms in total. The van der Waals surface area contributed by atoms with Crippen LogP contribution in [0.5, 0.6) is 11.5 Å². The van der Waals surface area contributed by atoms with Crippen molar-refractivity contribution in [1.29, 1.82) is 0 Å². The molecule has 1 N–H and O–H groups in total. The van der Waals surface area contributed by atoms with Crippen molar-refractivity contribution in [3.05, 3.63) is 23.3 Å². The van der Waals surface area contributed by atoms with Gasteiger partial charge in [-0.25, -0.2) is 0 Å². The van der Waals surface area contributed by atoms with Crippen molar-refractivity contribution < 1.29 is 9.84 Å². The quantitative estimate of drug-likeness (QED) is 0.787. The van der Waals surface area contributed by atoms with Crippen LogP contribution in [0.3, 0.4) is 0 Å². The first-order valence-electron chi connectivity index (χ1n) is 6.29. The molecule has 0 bridgehead atoms. The topological polar surface area (TPSA) is 29.5 Å². The molecule has 0 fully saturated rings. The molecule has 0 spiro atoms. The molecule has 1 aromatic rings. The molecular formula is C14H20O2. The third-order valence-corrected chi connectivity index (χ3v) is 3.14. The predicted molar refractivity (Wildman–Crippen MR) is 65.2 cm³/mol. The summed E-state index contributed by atoms with van der Waals surface area (Å²) in [6.07, 6.45) is 6.66. The molecule has 2 rings (SSSR count). The van der Waals surface area contributed by atoms with Gasteiger partial charge >= 0.3 is 0 Å². The second-order valence-electron chi connectivity index (χ2n) is 4.50. The van der Waals surface area contributed by atoms with Crippen molar-refractivity contribution >= 4 is 0 Å². The van der Waals surface area contributed by atoms with E-state index in [9.17, 15) is 5.11 Å². The molecule has 1 aliphatic rings. The Kier molecular flexibility index (Phi) is 3.70. The third kappa shape index (κ3) is 2.49. The minimum absolute atomic E-state index is 0.420. The summed E-state index contributed by atoms with van der Waals surface area (Å²) < 4.78 is 5.59. The first-order valence-corrected chi connectivity index (χ1v) is 6.29. The van der Waals surface area contributed by atoms with Crippen molar-refractivity contribution in [3.63, 3.8) is 0 Å². The number of hydrogen-bond acceptors (Lipinski definition) is 2. The average molecular weight is 220 g/mol. The number of phenols is 1. The van der Waals surface area contributed by atoms with Gasteiger partial charge in [0, 0.05) is 5.56 Å². The predicted octanol–water partition coefficient (Wildman–Crippen LogP) is 3.45. The second-order valence-corrected chi connectivity index (χ2v) is 4.50. The molecule has 0 radical (unpaired) electrons. The van der Waals surface area contributed by atoms with E-state index in [1.807, 2.05) is 6.07 Å². The highest BCUT2D eigenvalue weighted by atomic mass is 16.5. The maximum Gasteiger partial charge on any atom is 0.126 e. The minimum Gasteiger partial charge on any atom is -0.508 e. The van der Waals surface area contributed by atoms with Crippen molar-refractivity contribution in [1.82, 2.24) is 0 Å². The van der Waals surface area contributed by atoms with Gasteiger partial charge in [0.05, 0.1) is 6.61 Å². The summed E-state index contributed by atoms with van der Waals surface area (Å²) in [7, 11) is 0. The highest BCUT2D eigenvalue weighted by Crippen LogP contribution is 2.34. The molecule has 1 heterocycles.